The van der Waals surface area contributed by atoms with Gasteiger partial charge in [-0.3, -0.25) is 0 Å². The van der Waals surface area contributed by atoms with E-state index in [0.29, 0.717) is 0 Å². The molecule has 2 aromatic rings. The third-order valence-corrected chi connectivity index (χ3v) is 2.01. The topological polar surface area (TPSA) is 29.5 Å². The lowest BCUT2D eigenvalue weighted by atomic mass is 10.2. The fourth-order valence-corrected chi connectivity index (χ4v) is 1.18. The molecule has 0 heterocycles. The summed E-state index contributed by atoms with van der Waals surface area (Å²) >= 11 is 0. The van der Waals surface area contributed by atoms with Crippen LogP contribution in [0.3, 0.4) is 0 Å². The van der Waals surface area contributed by atoms with Crippen LogP contribution < -0.4 is 4.74 Å². The van der Waals surface area contributed by atoms with Crippen molar-refractivity contribution < 1.29 is 23.0 Å². The van der Waals surface area contributed by atoms with Crippen LogP contribution in [0.4, 0.5) is 13.2 Å². The molecule has 0 spiro atoms. The first kappa shape index (κ1) is 14.9. The van der Waals surface area contributed by atoms with E-state index in [4.69, 9.17) is 5.11 Å². The predicted octanol–water partition coefficient (Wildman–Crippen LogP) is 4.29. The molecule has 0 radical (unpaired) electrons. The molecule has 0 saturated heterocycles. The molecule has 0 bridgehead atoms. The van der Waals surface area contributed by atoms with E-state index < -0.39 is 6.36 Å². The summed E-state index contributed by atoms with van der Waals surface area (Å²) in [7, 11) is 0. The number of alkyl halides is 3. The third kappa shape index (κ3) is 6.98. The van der Waals surface area contributed by atoms with Crippen molar-refractivity contribution in [3.8, 4) is 11.5 Å². The van der Waals surface area contributed by atoms with E-state index in [9.17, 15) is 13.2 Å². The lowest BCUT2D eigenvalue weighted by molar-refractivity contribution is -0.274. The van der Waals surface area contributed by atoms with Crippen molar-refractivity contribution in [2.75, 3.05) is 0 Å². The van der Waals surface area contributed by atoms with Crippen LogP contribution in [0.25, 0.3) is 0 Å². The van der Waals surface area contributed by atoms with Gasteiger partial charge >= 0.3 is 6.36 Å². The normalized spacial score (nSPS) is 10.3. The first-order valence-corrected chi connectivity index (χ1v) is 5.43. The maximum absolute atomic E-state index is 11.6. The van der Waals surface area contributed by atoms with Gasteiger partial charge in [0.05, 0.1) is 0 Å². The minimum Gasteiger partial charge on any atom is -0.508 e. The molecule has 0 amide bonds. The molecule has 2 rings (SSSR count). The van der Waals surface area contributed by atoms with Crippen molar-refractivity contribution in [3.63, 3.8) is 0 Å². The number of benzene rings is 2. The summed E-state index contributed by atoms with van der Waals surface area (Å²) < 4.78 is 38.2. The number of halogens is 3. The Bertz CT molecular complexity index is 478. The van der Waals surface area contributed by atoms with Gasteiger partial charge in [-0.2, -0.15) is 0 Å². The van der Waals surface area contributed by atoms with Crippen LogP contribution in [-0.2, 0) is 0 Å². The Balaban J connectivity index is 0.000000218. The average molecular weight is 270 g/mol. The van der Waals surface area contributed by atoms with Gasteiger partial charge in [-0.1, -0.05) is 35.9 Å². The summed E-state index contributed by atoms with van der Waals surface area (Å²) in [4.78, 5) is 0. The van der Waals surface area contributed by atoms with Crippen molar-refractivity contribution in [2.24, 2.45) is 0 Å². The molecule has 1 N–H and O–H groups in total. The summed E-state index contributed by atoms with van der Waals surface area (Å²) in [6, 6.07) is 14.5. The van der Waals surface area contributed by atoms with Crippen molar-refractivity contribution in [2.45, 2.75) is 13.3 Å². The fourth-order valence-electron chi connectivity index (χ4n) is 1.18. The number of rotatable bonds is 1. The summed E-state index contributed by atoms with van der Waals surface area (Å²) in [6.07, 6.45) is -4.68. The lowest BCUT2D eigenvalue weighted by Crippen LogP contribution is -2.16. The maximum atomic E-state index is 11.6. The average Bonchev–Trinajstić information content (AvgIpc) is 2.32. The number of ether oxygens (including phenoxy) is 1. The van der Waals surface area contributed by atoms with Crippen molar-refractivity contribution >= 4 is 0 Å². The second-order valence-corrected chi connectivity index (χ2v) is 3.70. The number of aromatic hydroxyl groups is 1. The first-order chi connectivity index (χ1) is 8.87. The molecular formula is C14H13F3O2. The molecule has 0 unspecified atom stereocenters. The Hall–Kier alpha value is -2.17. The summed E-state index contributed by atoms with van der Waals surface area (Å²) in [5.41, 5.74) is 1.32. The van der Waals surface area contributed by atoms with Crippen LogP contribution >= 0.6 is 0 Å². The van der Waals surface area contributed by atoms with E-state index in [1.54, 1.807) is 0 Å². The van der Waals surface area contributed by atoms with E-state index in [1.165, 1.54) is 5.56 Å². The molecule has 19 heavy (non-hydrogen) atoms. The highest BCUT2D eigenvalue weighted by atomic mass is 19.4. The minimum atomic E-state index is -4.68. The van der Waals surface area contributed by atoms with E-state index in [2.05, 4.69) is 23.8 Å². The Labute approximate surface area is 109 Å². The van der Waals surface area contributed by atoms with Crippen LogP contribution in [0, 0.1) is 6.92 Å². The summed E-state index contributed by atoms with van der Waals surface area (Å²) in [5, 5.41) is 8.72. The zero-order chi connectivity index (χ0) is 14.3. The van der Waals surface area contributed by atoms with Gasteiger partial charge in [0.2, 0.25) is 0 Å². The van der Waals surface area contributed by atoms with Crippen LogP contribution in [-0.4, -0.2) is 11.5 Å². The number of aryl methyl sites for hydroxylation is 1. The summed E-state index contributed by atoms with van der Waals surface area (Å²) in [6.45, 7) is 2.08. The number of phenols is 1. The summed E-state index contributed by atoms with van der Waals surface area (Å²) in [5.74, 6) is -0.454. The highest BCUT2D eigenvalue weighted by molar-refractivity contribution is 5.30. The van der Waals surface area contributed by atoms with Gasteiger partial charge in [-0.25, -0.2) is 0 Å². The Kier molecular flexibility index (Phi) is 5.23. The van der Waals surface area contributed by atoms with Crippen molar-refractivity contribution in [1.29, 1.82) is 0 Å². The number of hydrogen-bond acceptors (Lipinski definition) is 2. The van der Waals surface area contributed by atoms with Gasteiger partial charge < -0.3 is 9.84 Å². The SMILES string of the molecule is Cc1ccccc1.Oc1ccc(OC(F)(F)F)cc1. The molecule has 0 atom stereocenters. The molecule has 0 saturated carbocycles. The van der Waals surface area contributed by atoms with Crippen LogP contribution in [0.2, 0.25) is 0 Å². The van der Waals surface area contributed by atoms with E-state index >= 15 is 0 Å². The molecule has 2 aromatic carbocycles. The van der Waals surface area contributed by atoms with Gasteiger partial charge in [-0.15, -0.1) is 13.2 Å². The highest BCUT2D eigenvalue weighted by Crippen LogP contribution is 2.23. The molecule has 0 aliphatic carbocycles. The molecule has 102 valence electrons. The Morgan fingerprint density at radius 2 is 1.42 bits per heavy atom. The zero-order valence-electron chi connectivity index (χ0n) is 10.2. The van der Waals surface area contributed by atoms with Gasteiger partial charge in [0, 0.05) is 0 Å². The largest absolute Gasteiger partial charge is 0.573 e. The molecule has 0 fully saturated rings. The minimum absolute atomic E-state index is 0.107. The molecule has 5 heteroatoms. The molecule has 0 aliphatic heterocycles. The van der Waals surface area contributed by atoms with E-state index in [1.807, 2.05) is 18.2 Å². The number of phenolic OH excluding ortho intramolecular Hbond substituents is 1. The second-order valence-electron chi connectivity index (χ2n) is 3.70. The van der Waals surface area contributed by atoms with E-state index in [0.717, 1.165) is 24.3 Å². The van der Waals surface area contributed by atoms with Crippen molar-refractivity contribution in [1.82, 2.24) is 0 Å². The Morgan fingerprint density at radius 3 is 1.79 bits per heavy atom. The number of hydrogen-bond donors (Lipinski definition) is 1. The van der Waals surface area contributed by atoms with Crippen LogP contribution in [0.5, 0.6) is 11.5 Å². The molecule has 2 nitrogen and oxygen atoms in total. The highest BCUT2D eigenvalue weighted by Gasteiger charge is 2.30. The van der Waals surface area contributed by atoms with Gasteiger partial charge in [0.1, 0.15) is 11.5 Å². The third-order valence-electron chi connectivity index (χ3n) is 2.01. The van der Waals surface area contributed by atoms with Gasteiger partial charge in [0.25, 0.3) is 0 Å². The zero-order valence-corrected chi connectivity index (χ0v) is 10.2. The van der Waals surface area contributed by atoms with Crippen LogP contribution in [0.15, 0.2) is 54.6 Å². The van der Waals surface area contributed by atoms with Crippen molar-refractivity contribution in [3.05, 3.63) is 60.2 Å². The molecular weight excluding hydrogens is 257 g/mol. The second kappa shape index (κ2) is 6.68. The molecule has 0 aromatic heterocycles. The van der Waals surface area contributed by atoms with Crippen LogP contribution in [0.1, 0.15) is 5.56 Å². The standard InChI is InChI=1S/C7H5F3O2.C7H8/c8-7(9,10)12-6-3-1-5(11)2-4-6;1-7-5-3-2-4-6-7/h1-4,11H;2-6H,1H3. The van der Waals surface area contributed by atoms with Gasteiger partial charge in [0.15, 0.2) is 0 Å². The lowest BCUT2D eigenvalue weighted by Gasteiger charge is -2.07. The monoisotopic (exact) mass is 270 g/mol. The smallest absolute Gasteiger partial charge is 0.508 e. The quantitative estimate of drug-likeness (QED) is 0.837. The maximum Gasteiger partial charge on any atom is 0.573 e. The fraction of sp³-hybridized carbons (Fsp3) is 0.143. The first-order valence-electron chi connectivity index (χ1n) is 5.43. The van der Waals surface area contributed by atoms with Gasteiger partial charge in [-0.05, 0) is 31.2 Å². The Morgan fingerprint density at radius 1 is 0.895 bits per heavy atom. The van der Waals surface area contributed by atoms with E-state index in [-0.39, 0.29) is 11.5 Å². The predicted molar refractivity (Wildman–Crippen MR) is 66.0 cm³/mol. The molecule has 0 aliphatic rings.